The van der Waals surface area contributed by atoms with Gasteiger partial charge in [-0.05, 0) is 12.2 Å². The van der Waals surface area contributed by atoms with Crippen LogP contribution >= 0.6 is 0 Å². The summed E-state index contributed by atoms with van der Waals surface area (Å²) < 4.78 is 0. The third-order valence-electron chi connectivity index (χ3n) is 0.510. The molecule has 0 bridgehead atoms. The first-order chi connectivity index (χ1) is 3.31. The van der Waals surface area contributed by atoms with Gasteiger partial charge in [0.15, 0.2) is 0 Å². The lowest BCUT2D eigenvalue weighted by Gasteiger charge is -1.82. The van der Waals surface area contributed by atoms with E-state index in [0.29, 0.717) is 0 Å². The van der Waals surface area contributed by atoms with Crippen molar-refractivity contribution < 1.29 is 10.2 Å². The standard InChI is InChI=1S/C5H8O2/c1-2-5(7)3-4-6/h2-3,6-7H,1,4H2. The van der Waals surface area contributed by atoms with E-state index in [0.717, 1.165) is 0 Å². The molecule has 0 spiro atoms. The zero-order valence-electron chi connectivity index (χ0n) is 3.96. The van der Waals surface area contributed by atoms with E-state index in [4.69, 9.17) is 10.2 Å². The first-order valence-corrected chi connectivity index (χ1v) is 1.93. The van der Waals surface area contributed by atoms with E-state index in [1.807, 2.05) is 0 Å². The summed E-state index contributed by atoms with van der Waals surface area (Å²) in [6.07, 6.45) is 2.52. The predicted molar refractivity (Wildman–Crippen MR) is 28.0 cm³/mol. The Kier molecular flexibility index (Phi) is 3.06. The van der Waals surface area contributed by atoms with Gasteiger partial charge in [-0.1, -0.05) is 6.58 Å². The molecule has 0 aromatic rings. The highest BCUT2D eigenvalue weighted by atomic mass is 16.3. The third-order valence-corrected chi connectivity index (χ3v) is 0.510. The number of aliphatic hydroxyl groups is 2. The van der Waals surface area contributed by atoms with E-state index in [2.05, 4.69) is 6.58 Å². The zero-order chi connectivity index (χ0) is 5.70. The van der Waals surface area contributed by atoms with Gasteiger partial charge in [-0.2, -0.15) is 0 Å². The van der Waals surface area contributed by atoms with Crippen LogP contribution in [0, 0.1) is 0 Å². The third kappa shape index (κ3) is 3.06. The maximum atomic E-state index is 8.44. The van der Waals surface area contributed by atoms with Gasteiger partial charge in [0.1, 0.15) is 5.76 Å². The van der Waals surface area contributed by atoms with Crippen LogP contribution in [0.3, 0.4) is 0 Å². The van der Waals surface area contributed by atoms with Crippen molar-refractivity contribution in [3.05, 3.63) is 24.5 Å². The average molecular weight is 100 g/mol. The fourth-order valence-corrected chi connectivity index (χ4v) is 0.177. The van der Waals surface area contributed by atoms with Crippen LogP contribution in [-0.2, 0) is 0 Å². The molecule has 2 N–H and O–H groups in total. The van der Waals surface area contributed by atoms with Crippen molar-refractivity contribution >= 4 is 0 Å². The topological polar surface area (TPSA) is 40.5 Å². The summed E-state index contributed by atoms with van der Waals surface area (Å²) >= 11 is 0. The SMILES string of the molecule is C=CC(O)=CCO. The van der Waals surface area contributed by atoms with E-state index in [-0.39, 0.29) is 12.4 Å². The largest absolute Gasteiger partial charge is 0.508 e. The Morgan fingerprint density at radius 3 is 2.43 bits per heavy atom. The Labute approximate surface area is 42.4 Å². The minimum absolute atomic E-state index is 0.0162. The summed E-state index contributed by atoms with van der Waals surface area (Å²) in [5, 5.41) is 16.5. The summed E-state index contributed by atoms with van der Waals surface area (Å²) in [5.41, 5.74) is 0. The lowest BCUT2D eigenvalue weighted by Crippen LogP contribution is -1.76. The van der Waals surface area contributed by atoms with Crippen molar-refractivity contribution in [2.24, 2.45) is 0 Å². The van der Waals surface area contributed by atoms with Crippen LogP contribution in [0.15, 0.2) is 24.5 Å². The number of allylic oxidation sites excluding steroid dienone is 1. The maximum Gasteiger partial charge on any atom is 0.113 e. The van der Waals surface area contributed by atoms with Crippen molar-refractivity contribution in [1.29, 1.82) is 0 Å². The lowest BCUT2D eigenvalue weighted by molar-refractivity contribution is 0.332. The van der Waals surface area contributed by atoms with Gasteiger partial charge in [0, 0.05) is 0 Å². The van der Waals surface area contributed by atoms with Gasteiger partial charge >= 0.3 is 0 Å². The fourth-order valence-electron chi connectivity index (χ4n) is 0.177. The summed E-state index contributed by atoms with van der Waals surface area (Å²) in [6.45, 7) is 3.11. The van der Waals surface area contributed by atoms with Crippen LogP contribution in [0.5, 0.6) is 0 Å². The molecule has 0 unspecified atom stereocenters. The average Bonchev–Trinajstić information content (AvgIpc) is 1.68. The molecule has 2 heteroatoms. The van der Waals surface area contributed by atoms with Crippen LogP contribution in [0.2, 0.25) is 0 Å². The molecule has 0 aromatic carbocycles. The van der Waals surface area contributed by atoms with Crippen LogP contribution in [0.25, 0.3) is 0 Å². The Bertz CT molecular complexity index is 84.1. The molecule has 40 valence electrons. The second-order valence-electron chi connectivity index (χ2n) is 1.02. The fraction of sp³-hybridized carbons (Fsp3) is 0.200. The van der Waals surface area contributed by atoms with Gasteiger partial charge < -0.3 is 10.2 Å². The normalized spacial score (nSPS) is 11.3. The Morgan fingerprint density at radius 2 is 2.29 bits per heavy atom. The summed E-state index contributed by atoms with van der Waals surface area (Å²) in [4.78, 5) is 0. The van der Waals surface area contributed by atoms with Gasteiger partial charge in [-0.25, -0.2) is 0 Å². The molecular weight excluding hydrogens is 92.1 g/mol. The van der Waals surface area contributed by atoms with Gasteiger partial charge in [0.25, 0.3) is 0 Å². The summed E-state index contributed by atoms with van der Waals surface area (Å²) in [7, 11) is 0. The van der Waals surface area contributed by atoms with Crippen LogP contribution in [-0.4, -0.2) is 16.8 Å². The number of aliphatic hydroxyl groups excluding tert-OH is 2. The number of hydrogen-bond acceptors (Lipinski definition) is 2. The summed E-state index contributed by atoms with van der Waals surface area (Å²) in [5.74, 6) is 0.0162. The zero-order valence-corrected chi connectivity index (χ0v) is 3.96. The summed E-state index contributed by atoms with van der Waals surface area (Å²) in [6, 6.07) is 0. The van der Waals surface area contributed by atoms with Crippen molar-refractivity contribution in [2.45, 2.75) is 0 Å². The highest BCUT2D eigenvalue weighted by Crippen LogP contribution is 1.84. The van der Waals surface area contributed by atoms with Crippen molar-refractivity contribution in [3.63, 3.8) is 0 Å². The molecule has 0 heterocycles. The number of rotatable bonds is 2. The molecular formula is C5H8O2. The van der Waals surface area contributed by atoms with Crippen molar-refractivity contribution in [1.82, 2.24) is 0 Å². The minimum Gasteiger partial charge on any atom is -0.508 e. The Balaban J connectivity index is 3.49. The monoisotopic (exact) mass is 100 g/mol. The molecule has 0 aliphatic heterocycles. The van der Waals surface area contributed by atoms with Crippen LogP contribution in [0.4, 0.5) is 0 Å². The number of hydrogen-bond donors (Lipinski definition) is 2. The molecule has 0 fully saturated rings. The molecule has 0 aliphatic carbocycles. The molecule has 0 radical (unpaired) electrons. The Morgan fingerprint density at radius 1 is 1.71 bits per heavy atom. The van der Waals surface area contributed by atoms with Crippen LogP contribution < -0.4 is 0 Å². The first kappa shape index (κ1) is 6.24. The molecule has 7 heavy (non-hydrogen) atoms. The molecule has 0 atom stereocenters. The predicted octanol–water partition coefficient (Wildman–Crippen LogP) is 0.607. The van der Waals surface area contributed by atoms with Gasteiger partial charge in [-0.3, -0.25) is 0 Å². The van der Waals surface area contributed by atoms with E-state index >= 15 is 0 Å². The second kappa shape index (κ2) is 3.43. The lowest BCUT2D eigenvalue weighted by atomic mass is 10.4. The van der Waals surface area contributed by atoms with Gasteiger partial charge in [0.05, 0.1) is 6.61 Å². The Hall–Kier alpha value is -0.760. The van der Waals surface area contributed by atoms with Crippen molar-refractivity contribution in [2.75, 3.05) is 6.61 Å². The molecule has 0 aromatic heterocycles. The van der Waals surface area contributed by atoms with E-state index < -0.39 is 0 Å². The minimum atomic E-state index is -0.141. The van der Waals surface area contributed by atoms with Gasteiger partial charge in [0.2, 0.25) is 0 Å². The van der Waals surface area contributed by atoms with Crippen molar-refractivity contribution in [3.8, 4) is 0 Å². The molecule has 0 saturated carbocycles. The highest BCUT2D eigenvalue weighted by molar-refractivity contribution is 5.05. The molecule has 0 amide bonds. The first-order valence-electron chi connectivity index (χ1n) is 1.93. The molecule has 0 saturated heterocycles. The van der Waals surface area contributed by atoms with E-state index in [1.54, 1.807) is 0 Å². The smallest absolute Gasteiger partial charge is 0.113 e. The molecule has 2 nitrogen and oxygen atoms in total. The van der Waals surface area contributed by atoms with E-state index in [1.165, 1.54) is 12.2 Å². The quantitative estimate of drug-likeness (QED) is 0.394. The highest BCUT2D eigenvalue weighted by Gasteiger charge is 1.75. The van der Waals surface area contributed by atoms with E-state index in [9.17, 15) is 0 Å². The molecule has 0 aliphatic rings. The second-order valence-corrected chi connectivity index (χ2v) is 1.02. The maximum absolute atomic E-state index is 8.44. The van der Waals surface area contributed by atoms with Gasteiger partial charge in [-0.15, -0.1) is 0 Å². The molecule has 0 rings (SSSR count). The van der Waals surface area contributed by atoms with Crippen LogP contribution in [0.1, 0.15) is 0 Å².